The van der Waals surface area contributed by atoms with Crippen molar-refractivity contribution in [2.75, 3.05) is 13.1 Å². The van der Waals surface area contributed by atoms with E-state index < -0.39 is 0 Å². The lowest BCUT2D eigenvalue weighted by Gasteiger charge is -2.34. The van der Waals surface area contributed by atoms with Crippen LogP contribution in [0.25, 0.3) is 0 Å². The maximum absolute atomic E-state index is 5.99. The molecule has 0 radical (unpaired) electrons. The second-order valence-electron chi connectivity index (χ2n) is 4.53. The van der Waals surface area contributed by atoms with E-state index in [0.717, 1.165) is 26.1 Å². The van der Waals surface area contributed by atoms with Gasteiger partial charge in [0.25, 0.3) is 0 Å². The highest BCUT2D eigenvalue weighted by atomic mass is 35.5. The van der Waals surface area contributed by atoms with E-state index in [0.29, 0.717) is 12.0 Å². The van der Waals surface area contributed by atoms with Gasteiger partial charge in [-0.05, 0) is 30.5 Å². The molecule has 4 heteroatoms. The first-order valence-corrected chi connectivity index (χ1v) is 5.62. The van der Waals surface area contributed by atoms with Crippen molar-refractivity contribution in [3.8, 4) is 0 Å². The van der Waals surface area contributed by atoms with E-state index in [2.05, 4.69) is 22.9 Å². The van der Waals surface area contributed by atoms with Crippen LogP contribution >= 0.6 is 12.4 Å². The summed E-state index contributed by atoms with van der Waals surface area (Å²) >= 11 is 0. The fourth-order valence-electron chi connectivity index (χ4n) is 2.14. The third kappa shape index (κ3) is 3.44. The number of nitrogens with two attached hydrogens (primary N) is 1. The van der Waals surface area contributed by atoms with Crippen LogP contribution in [-0.4, -0.2) is 29.0 Å². The summed E-state index contributed by atoms with van der Waals surface area (Å²) in [4.78, 5) is 6.60. The fourth-order valence-corrected chi connectivity index (χ4v) is 2.14. The largest absolute Gasteiger partial charge is 0.327 e. The maximum Gasteiger partial charge on any atom is 0.0312 e. The Hall–Kier alpha value is -0.640. The van der Waals surface area contributed by atoms with E-state index in [1.807, 2.05) is 18.5 Å². The number of piperidine rings is 1. The predicted octanol–water partition coefficient (Wildman–Crippen LogP) is 1.67. The Labute approximate surface area is 103 Å². The number of aromatic nitrogens is 1. The zero-order chi connectivity index (χ0) is 10.7. The SMILES string of the molecule is CC1CN(Cc2cccnc2)CCC1N.Cl. The molecule has 16 heavy (non-hydrogen) atoms. The zero-order valence-electron chi connectivity index (χ0n) is 9.67. The third-order valence-electron chi connectivity index (χ3n) is 3.18. The topological polar surface area (TPSA) is 42.2 Å². The molecule has 3 nitrogen and oxygen atoms in total. The van der Waals surface area contributed by atoms with Crippen LogP contribution in [0, 0.1) is 5.92 Å². The number of likely N-dealkylation sites (tertiary alicyclic amines) is 1. The van der Waals surface area contributed by atoms with Crippen molar-refractivity contribution in [2.45, 2.75) is 25.9 Å². The highest BCUT2D eigenvalue weighted by Crippen LogP contribution is 2.16. The molecule has 1 aliphatic rings. The summed E-state index contributed by atoms with van der Waals surface area (Å²) in [6.45, 7) is 5.46. The van der Waals surface area contributed by atoms with E-state index in [1.54, 1.807) is 0 Å². The van der Waals surface area contributed by atoms with Crippen molar-refractivity contribution >= 4 is 12.4 Å². The first-order chi connectivity index (χ1) is 7.25. The third-order valence-corrected chi connectivity index (χ3v) is 3.18. The number of hydrogen-bond donors (Lipinski definition) is 1. The zero-order valence-corrected chi connectivity index (χ0v) is 10.5. The van der Waals surface area contributed by atoms with Gasteiger partial charge >= 0.3 is 0 Å². The van der Waals surface area contributed by atoms with E-state index >= 15 is 0 Å². The summed E-state index contributed by atoms with van der Waals surface area (Å²) in [5, 5.41) is 0. The molecule has 2 N–H and O–H groups in total. The Bertz CT molecular complexity index is 304. The molecule has 0 aliphatic carbocycles. The van der Waals surface area contributed by atoms with Gasteiger partial charge in [0, 0.05) is 31.5 Å². The van der Waals surface area contributed by atoms with Crippen molar-refractivity contribution in [1.29, 1.82) is 0 Å². The van der Waals surface area contributed by atoms with E-state index in [1.165, 1.54) is 5.56 Å². The summed E-state index contributed by atoms with van der Waals surface area (Å²) in [5.41, 5.74) is 7.29. The van der Waals surface area contributed by atoms with Crippen LogP contribution in [0.2, 0.25) is 0 Å². The summed E-state index contributed by atoms with van der Waals surface area (Å²) in [6, 6.07) is 4.51. The first-order valence-electron chi connectivity index (χ1n) is 5.62. The van der Waals surface area contributed by atoms with Crippen LogP contribution in [0.15, 0.2) is 24.5 Å². The van der Waals surface area contributed by atoms with E-state index in [-0.39, 0.29) is 12.4 Å². The Morgan fingerprint density at radius 3 is 3.00 bits per heavy atom. The van der Waals surface area contributed by atoms with Gasteiger partial charge in [0.2, 0.25) is 0 Å². The Kier molecular flexibility index (Phi) is 5.19. The standard InChI is InChI=1S/C12H19N3.ClH/c1-10-8-15(6-4-12(10)13)9-11-3-2-5-14-7-11;/h2-3,5,7,10,12H,4,6,8-9,13H2,1H3;1H. The number of nitrogens with zero attached hydrogens (tertiary/aromatic N) is 2. The molecule has 0 saturated carbocycles. The van der Waals surface area contributed by atoms with Crippen molar-refractivity contribution in [3.63, 3.8) is 0 Å². The Morgan fingerprint density at radius 1 is 1.56 bits per heavy atom. The van der Waals surface area contributed by atoms with Gasteiger partial charge in [-0.3, -0.25) is 9.88 Å². The molecule has 0 aromatic carbocycles. The summed E-state index contributed by atoms with van der Waals surface area (Å²) < 4.78 is 0. The molecule has 2 atom stereocenters. The van der Waals surface area contributed by atoms with Gasteiger partial charge in [0.15, 0.2) is 0 Å². The summed E-state index contributed by atoms with van der Waals surface area (Å²) in [7, 11) is 0. The van der Waals surface area contributed by atoms with Gasteiger partial charge in [0.05, 0.1) is 0 Å². The lowest BCUT2D eigenvalue weighted by molar-refractivity contribution is 0.157. The minimum absolute atomic E-state index is 0. The number of rotatable bonds is 2. The number of hydrogen-bond acceptors (Lipinski definition) is 3. The second kappa shape index (κ2) is 6.18. The average molecular weight is 242 g/mol. The van der Waals surface area contributed by atoms with Crippen LogP contribution in [0.5, 0.6) is 0 Å². The Morgan fingerprint density at radius 2 is 2.38 bits per heavy atom. The second-order valence-corrected chi connectivity index (χ2v) is 4.53. The quantitative estimate of drug-likeness (QED) is 0.857. The van der Waals surface area contributed by atoms with Gasteiger partial charge in [-0.1, -0.05) is 13.0 Å². The van der Waals surface area contributed by atoms with Gasteiger partial charge in [-0.2, -0.15) is 0 Å². The average Bonchev–Trinajstić information content (AvgIpc) is 2.25. The molecule has 1 aromatic heterocycles. The molecular formula is C12H20ClN3. The van der Waals surface area contributed by atoms with Gasteiger partial charge < -0.3 is 5.73 Å². The van der Waals surface area contributed by atoms with Crippen LogP contribution in [-0.2, 0) is 6.54 Å². The molecule has 0 amide bonds. The molecule has 2 unspecified atom stereocenters. The highest BCUT2D eigenvalue weighted by Gasteiger charge is 2.22. The van der Waals surface area contributed by atoms with Crippen molar-refractivity contribution < 1.29 is 0 Å². The Balaban J connectivity index is 0.00000128. The fraction of sp³-hybridized carbons (Fsp3) is 0.583. The monoisotopic (exact) mass is 241 g/mol. The normalized spacial score (nSPS) is 26.1. The van der Waals surface area contributed by atoms with Crippen molar-refractivity contribution in [3.05, 3.63) is 30.1 Å². The minimum Gasteiger partial charge on any atom is -0.327 e. The van der Waals surface area contributed by atoms with Gasteiger partial charge in [0.1, 0.15) is 0 Å². The first kappa shape index (κ1) is 13.4. The lowest BCUT2D eigenvalue weighted by atomic mass is 9.94. The number of halogens is 1. The van der Waals surface area contributed by atoms with Crippen molar-refractivity contribution in [2.24, 2.45) is 11.7 Å². The number of pyridine rings is 1. The van der Waals surface area contributed by atoms with Crippen LogP contribution in [0.4, 0.5) is 0 Å². The molecular weight excluding hydrogens is 222 g/mol. The minimum atomic E-state index is 0. The van der Waals surface area contributed by atoms with Gasteiger partial charge in [-0.15, -0.1) is 12.4 Å². The molecule has 2 heterocycles. The van der Waals surface area contributed by atoms with Crippen LogP contribution < -0.4 is 5.73 Å². The molecule has 1 fully saturated rings. The molecule has 1 aromatic rings. The maximum atomic E-state index is 5.99. The van der Waals surface area contributed by atoms with E-state index in [9.17, 15) is 0 Å². The van der Waals surface area contributed by atoms with Gasteiger partial charge in [-0.25, -0.2) is 0 Å². The predicted molar refractivity (Wildman–Crippen MR) is 68.5 cm³/mol. The molecule has 1 saturated heterocycles. The molecule has 0 bridgehead atoms. The highest BCUT2D eigenvalue weighted by molar-refractivity contribution is 5.85. The van der Waals surface area contributed by atoms with Crippen LogP contribution in [0.3, 0.4) is 0 Å². The lowest BCUT2D eigenvalue weighted by Crippen LogP contribution is -2.45. The molecule has 1 aliphatic heterocycles. The molecule has 90 valence electrons. The van der Waals surface area contributed by atoms with Crippen LogP contribution in [0.1, 0.15) is 18.9 Å². The molecule has 0 spiro atoms. The van der Waals surface area contributed by atoms with E-state index in [4.69, 9.17) is 5.73 Å². The van der Waals surface area contributed by atoms with Crippen molar-refractivity contribution in [1.82, 2.24) is 9.88 Å². The molecule has 2 rings (SSSR count). The smallest absolute Gasteiger partial charge is 0.0312 e. The summed E-state index contributed by atoms with van der Waals surface area (Å²) in [5.74, 6) is 0.607. The summed E-state index contributed by atoms with van der Waals surface area (Å²) in [6.07, 6.45) is 4.87.